The number of nitrogens with one attached hydrogen (secondary N) is 1. The molecule has 0 atom stereocenters. The van der Waals surface area contributed by atoms with Crippen molar-refractivity contribution in [2.45, 2.75) is 25.9 Å². The smallest absolute Gasteiger partial charge is 0.251 e. The first-order chi connectivity index (χ1) is 17.1. The molecule has 0 saturated carbocycles. The first kappa shape index (κ1) is 22.9. The van der Waals surface area contributed by atoms with E-state index in [0.29, 0.717) is 36.6 Å². The molecule has 1 aliphatic heterocycles. The van der Waals surface area contributed by atoms with E-state index >= 15 is 0 Å². The van der Waals surface area contributed by atoms with Crippen LogP contribution in [0.1, 0.15) is 27.9 Å². The highest BCUT2D eigenvalue weighted by Gasteiger charge is 2.26. The van der Waals surface area contributed by atoms with E-state index < -0.39 is 0 Å². The minimum atomic E-state index is -0.106. The van der Waals surface area contributed by atoms with Crippen molar-refractivity contribution in [3.63, 3.8) is 0 Å². The summed E-state index contributed by atoms with van der Waals surface area (Å²) >= 11 is 6.14. The van der Waals surface area contributed by atoms with Gasteiger partial charge in [-0.25, -0.2) is 4.68 Å². The van der Waals surface area contributed by atoms with E-state index in [2.05, 4.69) is 10.4 Å². The second-order valence-corrected chi connectivity index (χ2v) is 8.98. The number of carbonyl (C=O) groups excluding carboxylic acids is 2. The zero-order chi connectivity index (χ0) is 24.2. The van der Waals surface area contributed by atoms with Gasteiger partial charge in [0.2, 0.25) is 5.91 Å². The van der Waals surface area contributed by atoms with E-state index in [0.717, 1.165) is 29.1 Å². The van der Waals surface area contributed by atoms with E-state index in [1.807, 2.05) is 77.5 Å². The third kappa shape index (κ3) is 5.28. The maximum Gasteiger partial charge on any atom is 0.251 e. The average Bonchev–Trinajstić information content (AvgIpc) is 3.32. The van der Waals surface area contributed by atoms with Crippen LogP contribution in [-0.2, 0) is 24.3 Å². The van der Waals surface area contributed by atoms with Crippen molar-refractivity contribution in [1.82, 2.24) is 15.1 Å². The standard InChI is InChI=1S/C28H25ClN4O2/c29-24-8-4-7-23(17-24)25-18-26-32(27(34)14-16-33(26)31-25)19-21-9-11-22(12-10-21)28(35)30-15-13-20-5-2-1-3-6-20/h1-12,17-18H,13-16,19H2,(H,30,35). The Kier molecular flexibility index (Phi) is 6.64. The molecule has 4 aromatic rings. The summed E-state index contributed by atoms with van der Waals surface area (Å²) in [5, 5.41) is 8.30. The lowest BCUT2D eigenvalue weighted by molar-refractivity contribution is -0.119. The number of aromatic nitrogens is 2. The number of hydrogen-bond acceptors (Lipinski definition) is 3. The highest BCUT2D eigenvalue weighted by atomic mass is 35.5. The molecule has 7 heteroatoms. The monoisotopic (exact) mass is 484 g/mol. The Morgan fingerprint density at radius 1 is 0.943 bits per heavy atom. The zero-order valence-electron chi connectivity index (χ0n) is 19.2. The fraction of sp³-hybridized carbons (Fsp3) is 0.179. The first-order valence-corrected chi connectivity index (χ1v) is 12.0. The lowest BCUT2D eigenvalue weighted by atomic mass is 10.1. The maximum atomic E-state index is 12.8. The summed E-state index contributed by atoms with van der Waals surface area (Å²) in [6.07, 6.45) is 1.18. The number of aryl methyl sites for hydroxylation is 1. The number of halogens is 1. The summed E-state index contributed by atoms with van der Waals surface area (Å²) in [7, 11) is 0. The predicted molar refractivity (Wildman–Crippen MR) is 137 cm³/mol. The average molecular weight is 485 g/mol. The summed E-state index contributed by atoms with van der Waals surface area (Å²) in [6, 6.07) is 26.9. The summed E-state index contributed by atoms with van der Waals surface area (Å²) in [5.74, 6) is 0.711. The van der Waals surface area contributed by atoms with Gasteiger partial charge >= 0.3 is 0 Å². The number of rotatable bonds is 7. The van der Waals surface area contributed by atoms with Crippen LogP contribution < -0.4 is 10.2 Å². The van der Waals surface area contributed by atoms with E-state index in [-0.39, 0.29) is 11.8 Å². The number of anilines is 1. The van der Waals surface area contributed by atoms with Gasteiger partial charge in [0.05, 0.1) is 18.8 Å². The number of amides is 2. The number of carbonyl (C=O) groups is 2. The Morgan fingerprint density at radius 2 is 1.74 bits per heavy atom. The van der Waals surface area contributed by atoms with Crippen molar-refractivity contribution in [3.05, 3.63) is 107 Å². The number of hydrogen-bond donors (Lipinski definition) is 1. The highest BCUT2D eigenvalue weighted by Crippen LogP contribution is 2.30. The van der Waals surface area contributed by atoms with Crippen LogP contribution in [0.4, 0.5) is 5.82 Å². The van der Waals surface area contributed by atoms with Gasteiger partial charge in [-0.2, -0.15) is 5.10 Å². The van der Waals surface area contributed by atoms with E-state index in [1.54, 1.807) is 17.0 Å². The van der Waals surface area contributed by atoms with Gasteiger partial charge in [0, 0.05) is 35.2 Å². The van der Waals surface area contributed by atoms with Crippen molar-refractivity contribution in [1.29, 1.82) is 0 Å². The van der Waals surface area contributed by atoms with Gasteiger partial charge in [0.25, 0.3) is 5.91 Å². The highest BCUT2D eigenvalue weighted by molar-refractivity contribution is 6.30. The van der Waals surface area contributed by atoms with E-state index in [1.165, 1.54) is 5.56 Å². The third-order valence-electron chi connectivity index (χ3n) is 6.09. The van der Waals surface area contributed by atoms with Crippen LogP contribution in [-0.4, -0.2) is 28.1 Å². The van der Waals surface area contributed by atoms with Gasteiger partial charge in [-0.15, -0.1) is 0 Å². The molecule has 0 saturated heterocycles. The fourth-order valence-corrected chi connectivity index (χ4v) is 4.41. The van der Waals surface area contributed by atoms with E-state index in [9.17, 15) is 9.59 Å². The molecule has 0 unspecified atom stereocenters. The third-order valence-corrected chi connectivity index (χ3v) is 6.33. The first-order valence-electron chi connectivity index (χ1n) is 11.6. The van der Waals surface area contributed by atoms with Crippen LogP contribution in [0.2, 0.25) is 5.02 Å². The topological polar surface area (TPSA) is 67.2 Å². The lowest BCUT2D eigenvalue weighted by Gasteiger charge is -2.27. The van der Waals surface area contributed by atoms with Crippen molar-refractivity contribution in [3.8, 4) is 11.3 Å². The van der Waals surface area contributed by atoms with Crippen LogP contribution >= 0.6 is 11.6 Å². The van der Waals surface area contributed by atoms with Gasteiger partial charge in [0.1, 0.15) is 5.82 Å². The molecule has 1 N–H and O–H groups in total. The molecule has 3 aromatic carbocycles. The minimum absolute atomic E-state index is 0.0535. The molecule has 1 aromatic heterocycles. The summed E-state index contributed by atoms with van der Waals surface area (Å²) in [5.41, 5.74) is 4.42. The molecule has 0 spiro atoms. The summed E-state index contributed by atoms with van der Waals surface area (Å²) in [6.45, 7) is 1.54. The van der Waals surface area contributed by atoms with Crippen LogP contribution in [0.3, 0.4) is 0 Å². The van der Waals surface area contributed by atoms with Crippen molar-refractivity contribution < 1.29 is 9.59 Å². The molecular weight excluding hydrogens is 460 g/mol. The molecule has 2 amide bonds. The Balaban J connectivity index is 1.25. The Hall–Kier alpha value is -3.90. The van der Waals surface area contributed by atoms with Gasteiger partial charge in [-0.05, 0) is 41.8 Å². The van der Waals surface area contributed by atoms with Crippen LogP contribution in [0, 0.1) is 0 Å². The molecular formula is C28H25ClN4O2. The minimum Gasteiger partial charge on any atom is -0.352 e. The molecule has 0 fully saturated rings. The van der Waals surface area contributed by atoms with Gasteiger partial charge in [0.15, 0.2) is 0 Å². The van der Waals surface area contributed by atoms with Gasteiger partial charge < -0.3 is 5.32 Å². The Bertz CT molecular complexity index is 1350. The SMILES string of the molecule is O=C(NCCc1ccccc1)c1ccc(CN2C(=O)CCn3nc(-c4cccc(Cl)c4)cc32)cc1. The fourth-order valence-electron chi connectivity index (χ4n) is 4.22. The molecule has 5 rings (SSSR count). The van der Waals surface area contributed by atoms with Crippen LogP contribution in [0.5, 0.6) is 0 Å². The van der Waals surface area contributed by atoms with Crippen LogP contribution in [0.25, 0.3) is 11.3 Å². The van der Waals surface area contributed by atoms with Crippen molar-refractivity contribution in [2.24, 2.45) is 0 Å². The van der Waals surface area contributed by atoms with E-state index in [4.69, 9.17) is 11.6 Å². The molecule has 1 aliphatic rings. The largest absolute Gasteiger partial charge is 0.352 e. The van der Waals surface area contributed by atoms with Crippen molar-refractivity contribution in [2.75, 3.05) is 11.4 Å². The molecule has 176 valence electrons. The normalized spacial score (nSPS) is 12.9. The Labute approximate surface area is 209 Å². The quantitative estimate of drug-likeness (QED) is 0.396. The molecule has 2 heterocycles. The second kappa shape index (κ2) is 10.2. The number of nitrogens with zero attached hydrogens (tertiary/aromatic N) is 3. The zero-order valence-corrected chi connectivity index (χ0v) is 19.9. The lowest BCUT2D eigenvalue weighted by Crippen LogP contribution is -2.36. The van der Waals surface area contributed by atoms with Gasteiger partial charge in [-0.3, -0.25) is 14.5 Å². The second-order valence-electron chi connectivity index (χ2n) is 8.54. The molecule has 0 radical (unpaired) electrons. The predicted octanol–water partition coefficient (Wildman–Crippen LogP) is 5.11. The summed E-state index contributed by atoms with van der Waals surface area (Å²) in [4.78, 5) is 27.0. The maximum absolute atomic E-state index is 12.8. The van der Waals surface area contributed by atoms with Gasteiger partial charge in [-0.1, -0.05) is 66.2 Å². The number of fused-ring (bicyclic) bond motifs is 1. The molecule has 0 bridgehead atoms. The van der Waals surface area contributed by atoms with Crippen molar-refractivity contribution >= 4 is 29.2 Å². The number of benzene rings is 3. The molecule has 35 heavy (non-hydrogen) atoms. The Morgan fingerprint density at radius 3 is 2.51 bits per heavy atom. The molecule has 6 nitrogen and oxygen atoms in total. The summed E-state index contributed by atoms with van der Waals surface area (Å²) < 4.78 is 1.87. The molecule has 0 aliphatic carbocycles. The van der Waals surface area contributed by atoms with Crippen LogP contribution in [0.15, 0.2) is 84.9 Å².